The van der Waals surface area contributed by atoms with E-state index in [1.165, 1.54) is 11.1 Å². The van der Waals surface area contributed by atoms with Crippen molar-refractivity contribution in [3.05, 3.63) is 102 Å². The zero-order chi connectivity index (χ0) is 36.3. The number of rotatable bonds is 11. The van der Waals surface area contributed by atoms with Crippen LogP contribution in [0.2, 0.25) is 0 Å². The number of piperazine rings is 1. The predicted octanol–water partition coefficient (Wildman–Crippen LogP) is 6.11. The molecule has 11 heteroatoms. The number of nitrogens with zero attached hydrogens (tertiary/aromatic N) is 6. The van der Waals surface area contributed by atoms with E-state index in [-0.39, 0.29) is 17.6 Å². The number of phenolic OH excluding ortho intramolecular Hbond substituents is 1. The molecule has 1 atom stereocenters. The Morgan fingerprint density at radius 2 is 1.60 bits per heavy atom. The van der Waals surface area contributed by atoms with E-state index in [0.717, 1.165) is 98.0 Å². The summed E-state index contributed by atoms with van der Waals surface area (Å²) in [5, 5.41) is 23.4. The van der Waals surface area contributed by atoms with Gasteiger partial charge >= 0.3 is 0 Å². The zero-order valence-corrected chi connectivity index (χ0v) is 29.7. The second-order valence-electron chi connectivity index (χ2n) is 14.2. The lowest BCUT2D eigenvalue weighted by atomic mass is 10.0. The van der Waals surface area contributed by atoms with Gasteiger partial charge in [-0.15, -0.1) is 10.2 Å². The Kier molecular flexibility index (Phi) is 9.84. The first-order valence-corrected chi connectivity index (χ1v) is 18.6. The van der Waals surface area contributed by atoms with Crippen molar-refractivity contribution in [1.29, 1.82) is 0 Å². The highest BCUT2D eigenvalue weighted by Gasteiger charge is 2.31. The lowest BCUT2D eigenvalue weighted by molar-refractivity contribution is -0.135. The number of imide groups is 1. The van der Waals surface area contributed by atoms with Crippen LogP contribution in [0.15, 0.2) is 91.1 Å². The molecule has 4 N–H and O–H groups in total. The molecular weight excluding hydrogens is 665 g/mol. The Hall–Kier alpha value is -5.65. The molecule has 53 heavy (non-hydrogen) atoms. The molecule has 0 radical (unpaired) electrons. The van der Waals surface area contributed by atoms with Gasteiger partial charge in [0.05, 0.1) is 11.2 Å². The van der Waals surface area contributed by atoms with Gasteiger partial charge in [-0.2, -0.15) is 0 Å². The molecule has 270 valence electrons. The molecule has 2 amide bonds. The number of phenols is 1. The molecule has 2 aliphatic heterocycles. The van der Waals surface area contributed by atoms with Gasteiger partial charge < -0.3 is 20.3 Å². The average Bonchev–Trinajstić information content (AvgIpc) is 3.51. The van der Waals surface area contributed by atoms with Gasteiger partial charge in [-0.05, 0) is 79.3 Å². The Balaban J connectivity index is 0.821. The first kappa shape index (κ1) is 34.4. The number of aryl methyl sites for hydroxylation is 1. The Morgan fingerprint density at radius 1 is 0.830 bits per heavy atom. The van der Waals surface area contributed by atoms with Crippen LogP contribution < -0.4 is 11.1 Å². The molecule has 0 aliphatic carbocycles. The van der Waals surface area contributed by atoms with Gasteiger partial charge in [-0.1, -0.05) is 61.0 Å². The minimum absolute atomic E-state index is 0.159. The second kappa shape index (κ2) is 15.1. The van der Waals surface area contributed by atoms with E-state index in [2.05, 4.69) is 61.7 Å². The summed E-state index contributed by atoms with van der Waals surface area (Å²) in [5.41, 5.74) is 13.5. The number of carbonyl (C=O) groups is 2. The number of para-hydroxylation sites is 2. The van der Waals surface area contributed by atoms with Crippen LogP contribution in [0.4, 0.5) is 5.82 Å². The van der Waals surface area contributed by atoms with Crippen molar-refractivity contribution in [3.8, 4) is 28.1 Å². The molecule has 0 spiro atoms. The summed E-state index contributed by atoms with van der Waals surface area (Å²) in [6.45, 7) is 6.22. The molecule has 8 rings (SSSR count). The number of nitrogens with one attached hydrogen (secondary N) is 1. The van der Waals surface area contributed by atoms with Crippen LogP contribution in [0, 0.1) is 0 Å². The number of hydrogen-bond donors (Lipinski definition) is 3. The normalized spacial score (nSPS) is 17.1. The van der Waals surface area contributed by atoms with Crippen molar-refractivity contribution in [1.82, 2.24) is 34.9 Å². The maximum atomic E-state index is 12.9. The van der Waals surface area contributed by atoms with Crippen LogP contribution in [0.3, 0.4) is 0 Å². The number of amides is 2. The number of aromatic nitrogens is 4. The molecule has 6 aromatic rings. The van der Waals surface area contributed by atoms with E-state index >= 15 is 0 Å². The predicted molar refractivity (Wildman–Crippen MR) is 207 cm³/mol. The fourth-order valence-corrected chi connectivity index (χ4v) is 7.93. The van der Waals surface area contributed by atoms with E-state index in [9.17, 15) is 14.7 Å². The number of piperidine rings is 1. The standard InChI is InChI=1S/C42H44N8O3/c43-40-33(26-34(46-47-40)31-9-4-6-12-37(31)51)29-15-13-28(14-16-29)27-49-24-22-48(23-25-49)21-7-1-2-8-30-19-20-44-41-39(30)32-10-3-5-11-35(32)50(41)36-17-18-38(52)45-42(36)53/h3-6,9-16,19-20,26,36,51H,1-2,7-8,17-18,21-25,27H2,(H2,43,47)(H,45,52,53). The number of pyridine rings is 1. The maximum absolute atomic E-state index is 12.9. The first-order valence-electron chi connectivity index (χ1n) is 18.6. The van der Waals surface area contributed by atoms with Crippen molar-refractivity contribution < 1.29 is 14.7 Å². The van der Waals surface area contributed by atoms with E-state index in [1.807, 2.05) is 47.2 Å². The third kappa shape index (κ3) is 7.22. The van der Waals surface area contributed by atoms with E-state index in [4.69, 9.17) is 10.7 Å². The van der Waals surface area contributed by atoms with Crippen LogP contribution in [-0.2, 0) is 22.6 Å². The molecule has 3 aromatic heterocycles. The van der Waals surface area contributed by atoms with Crippen molar-refractivity contribution in [3.63, 3.8) is 0 Å². The summed E-state index contributed by atoms with van der Waals surface area (Å²) < 4.78 is 2.04. The lowest BCUT2D eigenvalue weighted by Crippen LogP contribution is -2.46. The van der Waals surface area contributed by atoms with Gasteiger partial charge in [-0.25, -0.2) is 4.98 Å². The third-order valence-electron chi connectivity index (χ3n) is 10.8. The van der Waals surface area contributed by atoms with Crippen LogP contribution in [0.1, 0.15) is 49.3 Å². The number of aromatic hydroxyl groups is 1. The first-order chi connectivity index (χ1) is 25.9. The monoisotopic (exact) mass is 708 g/mol. The summed E-state index contributed by atoms with van der Waals surface area (Å²) in [4.78, 5) is 34.6. The number of nitrogens with two attached hydrogens (primary N) is 1. The summed E-state index contributed by atoms with van der Waals surface area (Å²) in [6.07, 6.45) is 7.02. The average molecular weight is 709 g/mol. The lowest BCUT2D eigenvalue weighted by Gasteiger charge is -2.34. The summed E-state index contributed by atoms with van der Waals surface area (Å²) in [6, 6.07) is 27.3. The van der Waals surface area contributed by atoms with Crippen molar-refractivity contribution >= 4 is 39.6 Å². The van der Waals surface area contributed by atoms with Gasteiger partial charge in [0.25, 0.3) is 0 Å². The molecule has 2 saturated heterocycles. The Labute approximate surface area is 308 Å². The molecule has 0 saturated carbocycles. The van der Waals surface area contributed by atoms with E-state index in [0.29, 0.717) is 29.9 Å². The van der Waals surface area contributed by atoms with Crippen molar-refractivity contribution in [2.75, 3.05) is 38.5 Å². The van der Waals surface area contributed by atoms with Crippen LogP contribution in [-0.4, -0.2) is 79.2 Å². The molecule has 11 nitrogen and oxygen atoms in total. The highest BCUT2D eigenvalue weighted by Crippen LogP contribution is 2.36. The zero-order valence-electron chi connectivity index (χ0n) is 29.7. The smallest absolute Gasteiger partial charge is 0.249 e. The van der Waals surface area contributed by atoms with Gasteiger partial charge in [0.15, 0.2) is 5.82 Å². The fourth-order valence-electron chi connectivity index (χ4n) is 7.93. The van der Waals surface area contributed by atoms with E-state index < -0.39 is 6.04 Å². The molecule has 5 heterocycles. The van der Waals surface area contributed by atoms with Gasteiger partial charge in [0.1, 0.15) is 17.4 Å². The SMILES string of the molecule is Nc1nnc(-c2ccccc2O)cc1-c1ccc(CN2CCN(CCCCCc3ccnc4c3c3ccccc3n4C3CCC(=O)NC3=O)CC2)cc1. The molecule has 2 fully saturated rings. The van der Waals surface area contributed by atoms with Gasteiger partial charge in [0, 0.05) is 67.2 Å². The second-order valence-corrected chi connectivity index (χ2v) is 14.2. The summed E-state index contributed by atoms with van der Waals surface area (Å²) in [7, 11) is 0. The quantitative estimate of drug-likeness (QED) is 0.107. The number of hydrogen-bond acceptors (Lipinski definition) is 9. The summed E-state index contributed by atoms with van der Waals surface area (Å²) in [5.74, 6) is 0.0566. The van der Waals surface area contributed by atoms with Crippen LogP contribution >= 0.6 is 0 Å². The largest absolute Gasteiger partial charge is 0.507 e. The molecular formula is C42H44N8O3. The Morgan fingerprint density at radius 3 is 2.42 bits per heavy atom. The van der Waals surface area contributed by atoms with Gasteiger partial charge in [0.2, 0.25) is 11.8 Å². The van der Waals surface area contributed by atoms with Crippen LogP contribution in [0.5, 0.6) is 5.75 Å². The maximum Gasteiger partial charge on any atom is 0.249 e. The number of anilines is 1. The number of benzene rings is 3. The van der Waals surface area contributed by atoms with Gasteiger partial charge in [-0.3, -0.25) is 19.8 Å². The minimum atomic E-state index is -0.444. The molecule has 0 bridgehead atoms. The van der Waals surface area contributed by atoms with Crippen LogP contribution in [0.25, 0.3) is 44.3 Å². The van der Waals surface area contributed by atoms with Crippen molar-refractivity contribution in [2.24, 2.45) is 0 Å². The number of unbranched alkanes of at least 4 members (excludes halogenated alkanes) is 2. The molecule has 1 unspecified atom stereocenters. The third-order valence-corrected chi connectivity index (χ3v) is 10.8. The number of fused-ring (bicyclic) bond motifs is 3. The highest BCUT2D eigenvalue weighted by molar-refractivity contribution is 6.10. The molecule has 2 aliphatic rings. The Bertz CT molecular complexity index is 2280. The van der Waals surface area contributed by atoms with Crippen molar-refractivity contribution in [2.45, 2.75) is 51.1 Å². The number of carbonyl (C=O) groups excluding carboxylic acids is 2. The molecule has 3 aromatic carbocycles. The highest BCUT2D eigenvalue weighted by atomic mass is 16.3. The fraction of sp³-hybridized carbons (Fsp3) is 0.310. The summed E-state index contributed by atoms with van der Waals surface area (Å²) >= 11 is 0. The number of nitrogen functional groups attached to an aromatic ring is 1. The minimum Gasteiger partial charge on any atom is -0.507 e. The topological polar surface area (TPSA) is 142 Å². The van der Waals surface area contributed by atoms with E-state index in [1.54, 1.807) is 12.1 Å².